The topological polar surface area (TPSA) is 78.5 Å². The molecule has 3 amide bonds. The molecule has 2 aromatic rings. The summed E-state index contributed by atoms with van der Waals surface area (Å²) < 4.78 is 0. The molecule has 2 N–H and O–H groups in total. The van der Waals surface area contributed by atoms with Crippen LogP contribution in [0.5, 0.6) is 0 Å². The van der Waals surface area contributed by atoms with Gasteiger partial charge in [0.05, 0.1) is 0 Å². The van der Waals surface area contributed by atoms with Crippen LogP contribution in [0.3, 0.4) is 0 Å². The van der Waals surface area contributed by atoms with Gasteiger partial charge >= 0.3 is 11.8 Å². The minimum Gasteiger partial charge on any atom is -0.326 e. The van der Waals surface area contributed by atoms with Gasteiger partial charge in [-0.15, -0.1) is 0 Å². The van der Waals surface area contributed by atoms with E-state index in [1.165, 1.54) is 11.8 Å². The number of hydrogen-bond acceptors (Lipinski definition) is 3. The summed E-state index contributed by atoms with van der Waals surface area (Å²) in [4.78, 5) is 37.5. The predicted molar refractivity (Wildman–Crippen MR) is 96.5 cm³/mol. The maximum absolute atomic E-state index is 12.6. The van der Waals surface area contributed by atoms with Gasteiger partial charge in [0.15, 0.2) is 0 Å². The Morgan fingerprint density at radius 3 is 2.20 bits per heavy atom. The normalized spacial score (nSPS) is 15.4. The molecule has 3 rings (SSSR count). The Bertz CT molecular complexity index is 830. The second-order valence-electron chi connectivity index (χ2n) is 6.07. The van der Waals surface area contributed by atoms with Crippen molar-refractivity contribution in [3.8, 4) is 0 Å². The number of benzene rings is 2. The molecule has 1 heterocycles. The fourth-order valence-corrected chi connectivity index (χ4v) is 3.01. The summed E-state index contributed by atoms with van der Waals surface area (Å²) in [5.74, 6) is -1.44. The van der Waals surface area contributed by atoms with Gasteiger partial charge in [0, 0.05) is 30.0 Å². The summed E-state index contributed by atoms with van der Waals surface area (Å²) in [6.07, 6.45) is 0.737. The standard InChI is InChI=1S/C19H19N3O3/c1-12-11-14-5-3-4-6-17(14)22(12)19(25)18(24)21-16-9-7-15(8-10-16)20-13(2)23/h3-10,12H,11H2,1-2H3,(H,20,23)(H,21,24). The van der Waals surface area contributed by atoms with E-state index in [0.29, 0.717) is 11.4 Å². The number of hydrogen-bond donors (Lipinski definition) is 2. The second-order valence-corrected chi connectivity index (χ2v) is 6.07. The zero-order chi connectivity index (χ0) is 18.0. The van der Waals surface area contributed by atoms with E-state index in [1.807, 2.05) is 31.2 Å². The first-order chi connectivity index (χ1) is 12.0. The van der Waals surface area contributed by atoms with Gasteiger partial charge < -0.3 is 15.5 Å². The lowest BCUT2D eigenvalue weighted by Crippen LogP contribution is -2.43. The maximum Gasteiger partial charge on any atom is 0.316 e. The van der Waals surface area contributed by atoms with Gasteiger partial charge in [-0.1, -0.05) is 18.2 Å². The molecule has 6 nitrogen and oxygen atoms in total. The smallest absolute Gasteiger partial charge is 0.316 e. The number of rotatable bonds is 2. The van der Waals surface area contributed by atoms with Crippen LogP contribution in [0.1, 0.15) is 19.4 Å². The summed E-state index contributed by atoms with van der Waals surface area (Å²) in [6, 6.07) is 14.1. The molecule has 1 unspecified atom stereocenters. The average molecular weight is 337 g/mol. The first-order valence-corrected chi connectivity index (χ1v) is 8.06. The van der Waals surface area contributed by atoms with Crippen LogP contribution < -0.4 is 15.5 Å². The number of amides is 3. The highest BCUT2D eigenvalue weighted by molar-refractivity contribution is 6.44. The van der Waals surface area contributed by atoms with Gasteiger partial charge in [-0.2, -0.15) is 0 Å². The molecule has 0 saturated heterocycles. The van der Waals surface area contributed by atoms with Crippen LogP contribution in [0.25, 0.3) is 0 Å². The van der Waals surface area contributed by atoms with Crippen molar-refractivity contribution in [2.75, 3.05) is 15.5 Å². The monoisotopic (exact) mass is 337 g/mol. The lowest BCUT2D eigenvalue weighted by atomic mass is 10.1. The zero-order valence-corrected chi connectivity index (χ0v) is 14.1. The van der Waals surface area contributed by atoms with Crippen molar-refractivity contribution < 1.29 is 14.4 Å². The third-order valence-electron chi connectivity index (χ3n) is 4.08. The van der Waals surface area contributed by atoms with E-state index in [4.69, 9.17) is 0 Å². The SMILES string of the molecule is CC(=O)Nc1ccc(NC(=O)C(=O)N2c3ccccc3CC2C)cc1. The Morgan fingerprint density at radius 1 is 0.960 bits per heavy atom. The Labute approximate surface area is 145 Å². The molecule has 1 atom stereocenters. The summed E-state index contributed by atoms with van der Waals surface area (Å²) in [6.45, 7) is 3.34. The van der Waals surface area contributed by atoms with Crippen molar-refractivity contribution in [1.82, 2.24) is 0 Å². The van der Waals surface area contributed by atoms with Gasteiger partial charge in [-0.25, -0.2) is 0 Å². The van der Waals surface area contributed by atoms with Gasteiger partial charge in [0.1, 0.15) is 0 Å². The van der Waals surface area contributed by atoms with E-state index >= 15 is 0 Å². The summed E-state index contributed by atoms with van der Waals surface area (Å²) >= 11 is 0. The van der Waals surface area contributed by atoms with Crippen LogP contribution in [0.15, 0.2) is 48.5 Å². The Morgan fingerprint density at radius 2 is 1.56 bits per heavy atom. The van der Waals surface area contributed by atoms with Crippen molar-refractivity contribution in [2.24, 2.45) is 0 Å². The van der Waals surface area contributed by atoms with Gasteiger partial charge in [0.25, 0.3) is 0 Å². The highest BCUT2D eigenvalue weighted by atomic mass is 16.2. The molecule has 128 valence electrons. The molecule has 25 heavy (non-hydrogen) atoms. The molecule has 0 saturated carbocycles. The lowest BCUT2D eigenvalue weighted by molar-refractivity contribution is -0.134. The second kappa shape index (κ2) is 6.76. The molecule has 0 bridgehead atoms. The van der Waals surface area contributed by atoms with Crippen LogP contribution in [0.2, 0.25) is 0 Å². The van der Waals surface area contributed by atoms with E-state index in [-0.39, 0.29) is 11.9 Å². The molecule has 0 aromatic heterocycles. The minimum absolute atomic E-state index is 0.0576. The first kappa shape index (κ1) is 16.7. The fraction of sp³-hybridized carbons (Fsp3) is 0.211. The number of fused-ring (bicyclic) bond motifs is 1. The molecule has 1 aliphatic rings. The molecule has 2 aromatic carbocycles. The van der Waals surface area contributed by atoms with Crippen molar-refractivity contribution in [2.45, 2.75) is 26.3 Å². The molecular formula is C19H19N3O3. The molecular weight excluding hydrogens is 318 g/mol. The van der Waals surface area contributed by atoms with E-state index in [1.54, 1.807) is 24.3 Å². The third kappa shape index (κ3) is 3.52. The van der Waals surface area contributed by atoms with Crippen molar-refractivity contribution in [3.63, 3.8) is 0 Å². The van der Waals surface area contributed by atoms with Gasteiger partial charge in [-0.05, 0) is 49.2 Å². The van der Waals surface area contributed by atoms with E-state index < -0.39 is 11.8 Å². The van der Waals surface area contributed by atoms with Crippen molar-refractivity contribution >= 4 is 34.8 Å². The van der Waals surface area contributed by atoms with E-state index in [2.05, 4.69) is 10.6 Å². The van der Waals surface area contributed by atoms with Gasteiger partial charge in [-0.3, -0.25) is 14.4 Å². The number of carbonyl (C=O) groups excluding carboxylic acids is 3. The quantitative estimate of drug-likeness (QED) is 0.827. The summed E-state index contributed by atoms with van der Waals surface area (Å²) in [5, 5.41) is 5.25. The van der Waals surface area contributed by atoms with Crippen molar-refractivity contribution in [3.05, 3.63) is 54.1 Å². The fourth-order valence-electron chi connectivity index (χ4n) is 3.01. The zero-order valence-electron chi connectivity index (χ0n) is 14.1. The third-order valence-corrected chi connectivity index (χ3v) is 4.08. The first-order valence-electron chi connectivity index (χ1n) is 8.06. The van der Waals surface area contributed by atoms with Crippen LogP contribution in [0.4, 0.5) is 17.1 Å². The maximum atomic E-state index is 12.6. The predicted octanol–water partition coefficient (Wildman–Crippen LogP) is 2.56. The Hall–Kier alpha value is -3.15. The van der Waals surface area contributed by atoms with Crippen LogP contribution in [-0.2, 0) is 20.8 Å². The average Bonchev–Trinajstić information content (AvgIpc) is 2.91. The Balaban J connectivity index is 1.71. The molecule has 0 fully saturated rings. The molecule has 6 heteroatoms. The minimum atomic E-state index is -0.684. The van der Waals surface area contributed by atoms with Gasteiger partial charge in [0.2, 0.25) is 5.91 Å². The molecule has 0 aliphatic carbocycles. The van der Waals surface area contributed by atoms with Crippen molar-refractivity contribution in [1.29, 1.82) is 0 Å². The van der Waals surface area contributed by atoms with Crippen LogP contribution in [0, 0.1) is 0 Å². The molecule has 1 aliphatic heterocycles. The highest BCUT2D eigenvalue weighted by Gasteiger charge is 2.34. The lowest BCUT2D eigenvalue weighted by Gasteiger charge is -2.22. The number of anilines is 3. The summed E-state index contributed by atoms with van der Waals surface area (Å²) in [7, 11) is 0. The van der Waals surface area contributed by atoms with E-state index in [0.717, 1.165) is 17.7 Å². The summed E-state index contributed by atoms with van der Waals surface area (Å²) in [5.41, 5.74) is 2.97. The van der Waals surface area contributed by atoms with Crippen LogP contribution in [-0.4, -0.2) is 23.8 Å². The molecule has 0 spiro atoms. The number of nitrogens with zero attached hydrogens (tertiary/aromatic N) is 1. The Kier molecular flexibility index (Phi) is 4.52. The van der Waals surface area contributed by atoms with E-state index in [9.17, 15) is 14.4 Å². The number of nitrogens with one attached hydrogen (secondary N) is 2. The number of carbonyl (C=O) groups is 3. The van der Waals surface area contributed by atoms with Crippen LogP contribution >= 0.6 is 0 Å². The molecule has 0 radical (unpaired) electrons. The number of para-hydroxylation sites is 1. The highest BCUT2D eigenvalue weighted by Crippen LogP contribution is 2.31. The largest absolute Gasteiger partial charge is 0.326 e.